The second-order valence-corrected chi connectivity index (χ2v) is 3.45. The largest absolute Gasteiger partial charge is 0.372 e. The van der Waals surface area contributed by atoms with Crippen molar-refractivity contribution in [1.29, 1.82) is 0 Å². The van der Waals surface area contributed by atoms with Crippen molar-refractivity contribution in [3.05, 3.63) is 11.8 Å². The summed E-state index contributed by atoms with van der Waals surface area (Å²) in [5.41, 5.74) is 1.17. The Morgan fingerprint density at radius 2 is 2.45 bits per heavy atom. The van der Waals surface area contributed by atoms with E-state index in [0.717, 1.165) is 13.0 Å². The van der Waals surface area contributed by atoms with Gasteiger partial charge in [-0.15, -0.1) is 0 Å². The van der Waals surface area contributed by atoms with E-state index < -0.39 is 0 Å². The van der Waals surface area contributed by atoms with Gasteiger partial charge in [-0.25, -0.2) is 0 Å². The van der Waals surface area contributed by atoms with E-state index in [4.69, 9.17) is 0 Å². The van der Waals surface area contributed by atoms with Crippen LogP contribution in [0.1, 0.15) is 26.2 Å². The third kappa shape index (κ3) is 1.06. The van der Waals surface area contributed by atoms with Gasteiger partial charge in [0.25, 0.3) is 0 Å². The van der Waals surface area contributed by atoms with E-state index in [2.05, 4.69) is 4.90 Å². The lowest BCUT2D eigenvalue weighted by molar-refractivity contribution is -0.116. The summed E-state index contributed by atoms with van der Waals surface area (Å²) in [7, 11) is 0. The molecule has 0 saturated carbocycles. The third-order valence-electron chi connectivity index (χ3n) is 2.64. The van der Waals surface area contributed by atoms with Crippen molar-refractivity contribution in [3.8, 4) is 0 Å². The molecule has 0 N–H and O–H groups in total. The highest BCUT2D eigenvalue weighted by Crippen LogP contribution is 2.27. The predicted molar refractivity (Wildman–Crippen MR) is 43.1 cm³/mol. The van der Waals surface area contributed by atoms with Crippen LogP contribution in [-0.4, -0.2) is 23.3 Å². The zero-order valence-electron chi connectivity index (χ0n) is 6.84. The first-order valence-electron chi connectivity index (χ1n) is 4.25. The molecule has 1 fully saturated rings. The van der Waals surface area contributed by atoms with Gasteiger partial charge in [-0.1, -0.05) is 0 Å². The van der Waals surface area contributed by atoms with E-state index in [0.29, 0.717) is 11.8 Å². The SMILES string of the molecule is CC1=CC(=O)CC2CCCN12. The molecule has 2 heteroatoms. The molecule has 0 bridgehead atoms. The summed E-state index contributed by atoms with van der Waals surface area (Å²) < 4.78 is 0. The Morgan fingerprint density at radius 1 is 1.64 bits per heavy atom. The zero-order chi connectivity index (χ0) is 7.84. The first-order chi connectivity index (χ1) is 5.27. The fraction of sp³-hybridized carbons (Fsp3) is 0.667. The maximum atomic E-state index is 11.1. The van der Waals surface area contributed by atoms with Gasteiger partial charge in [-0.3, -0.25) is 4.79 Å². The van der Waals surface area contributed by atoms with E-state index in [1.807, 2.05) is 6.92 Å². The average molecular weight is 151 g/mol. The second-order valence-electron chi connectivity index (χ2n) is 3.45. The van der Waals surface area contributed by atoms with Crippen LogP contribution in [-0.2, 0) is 4.79 Å². The highest BCUT2D eigenvalue weighted by atomic mass is 16.1. The van der Waals surface area contributed by atoms with Gasteiger partial charge in [0, 0.05) is 30.8 Å². The minimum atomic E-state index is 0.311. The summed E-state index contributed by atoms with van der Waals surface area (Å²) in [6, 6.07) is 0.535. The highest BCUT2D eigenvalue weighted by molar-refractivity contribution is 5.91. The maximum Gasteiger partial charge on any atom is 0.159 e. The standard InChI is InChI=1S/C9H13NO/c1-7-5-9(11)6-8-3-2-4-10(7)8/h5,8H,2-4,6H2,1H3. The van der Waals surface area contributed by atoms with Gasteiger partial charge in [0.2, 0.25) is 0 Å². The lowest BCUT2D eigenvalue weighted by Gasteiger charge is -2.30. The lowest BCUT2D eigenvalue weighted by Crippen LogP contribution is -2.33. The molecule has 1 atom stereocenters. The van der Waals surface area contributed by atoms with Crippen LogP contribution in [0.25, 0.3) is 0 Å². The van der Waals surface area contributed by atoms with Gasteiger partial charge >= 0.3 is 0 Å². The number of carbonyl (C=O) groups is 1. The van der Waals surface area contributed by atoms with E-state index >= 15 is 0 Å². The quantitative estimate of drug-likeness (QED) is 0.520. The van der Waals surface area contributed by atoms with Crippen molar-refractivity contribution in [3.63, 3.8) is 0 Å². The Balaban J connectivity index is 2.25. The fourth-order valence-corrected chi connectivity index (χ4v) is 2.12. The summed E-state index contributed by atoms with van der Waals surface area (Å²) in [5, 5.41) is 0. The molecule has 0 radical (unpaired) electrons. The number of rotatable bonds is 0. The first kappa shape index (κ1) is 6.89. The van der Waals surface area contributed by atoms with Crippen LogP contribution in [0.5, 0.6) is 0 Å². The van der Waals surface area contributed by atoms with Crippen molar-refractivity contribution >= 4 is 5.78 Å². The second kappa shape index (κ2) is 2.36. The van der Waals surface area contributed by atoms with Crippen molar-refractivity contribution in [2.24, 2.45) is 0 Å². The maximum absolute atomic E-state index is 11.1. The Bertz CT molecular complexity index is 220. The zero-order valence-corrected chi connectivity index (χ0v) is 6.84. The molecule has 2 aliphatic heterocycles. The topological polar surface area (TPSA) is 20.3 Å². The average Bonchev–Trinajstić information content (AvgIpc) is 2.34. The summed E-state index contributed by atoms with van der Waals surface area (Å²) in [6.07, 6.45) is 4.99. The molecular formula is C9H13NO. The molecule has 0 aromatic rings. The van der Waals surface area contributed by atoms with Gasteiger partial charge in [0.15, 0.2) is 5.78 Å². The Kier molecular flexibility index (Phi) is 1.48. The van der Waals surface area contributed by atoms with Crippen LogP contribution in [0.2, 0.25) is 0 Å². The molecule has 2 heterocycles. The van der Waals surface area contributed by atoms with Crippen LogP contribution < -0.4 is 0 Å². The molecule has 60 valence electrons. The smallest absolute Gasteiger partial charge is 0.159 e. The molecule has 11 heavy (non-hydrogen) atoms. The fourth-order valence-electron chi connectivity index (χ4n) is 2.12. The minimum Gasteiger partial charge on any atom is -0.372 e. The van der Waals surface area contributed by atoms with Crippen molar-refractivity contribution in [1.82, 2.24) is 4.90 Å². The van der Waals surface area contributed by atoms with Crippen molar-refractivity contribution in [2.45, 2.75) is 32.2 Å². The van der Waals surface area contributed by atoms with Gasteiger partial charge in [0.1, 0.15) is 0 Å². The first-order valence-corrected chi connectivity index (χ1v) is 4.25. The molecule has 0 spiro atoms. The molecular weight excluding hydrogens is 138 g/mol. The summed E-state index contributed by atoms with van der Waals surface area (Å²) in [6.45, 7) is 3.19. The van der Waals surface area contributed by atoms with Crippen LogP contribution in [0.15, 0.2) is 11.8 Å². The van der Waals surface area contributed by atoms with Gasteiger partial charge in [-0.05, 0) is 19.8 Å². The molecule has 0 aromatic heterocycles. The molecule has 2 rings (SSSR count). The highest BCUT2D eigenvalue weighted by Gasteiger charge is 2.29. The van der Waals surface area contributed by atoms with E-state index in [-0.39, 0.29) is 0 Å². The molecule has 2 nitrogen and oxygen atoms in total. The Labute approximate surface area is 66.9 Å². The molecule has 1 unspecified atom stereocenters. The Morgan fingerprint density at radius 3 is 3.27 bits per heavy atom. The van der Waals surface area contributed by atoms with Crippen LogP contribution in [0.3, 0.4) is 0 Å². The molecule has 1 saturated heterocycles. The van der Waals surface area contributed by atoms with Crippen LogP contribution in [0.4, 0.5) is 0 Å². The van der Waals surface area contributed by atoms with E-state index in [1.54, 1.807) is 6.08 Å². The Hall–Kier alpha value is -0.790. The molecule has 2 aliphatic rings. The minimum absolute atomic E-state index is 0.311. The van der Waals surface area contributed by atoms with Crippen molar-refractivity contribution < 1.29 is 4.79 Å². The number of nitrogens with zero attached hydrogens (tertiary/aromatic N) is 1. The number of ketones is 1. The van der Waals surface area contributed by atoms with Gasteiger partial charge < -0.3 is 4.90 Å². The van der Waals surface area contributed by atoms with E-state index in [9.17, 15) is 4.79 Å². The molecule has 0 aliphatic carbocycles. The van der Waals surface area contributed by atoms with E-state index in [1.165, 1.54) is 18.5 Å². The molecule has 0 aromatic carbocycles. The normalized spacial score (nSPS) is 30.3. The predicted octanol–water partition coefficient (Wildman–Crippen LogP) is 1.33. The van der Waals surface area contributed by atoms with Crippen molar-refractivity contribution in [2.75, 3.05) is 6.54 Å². The van der Waals surface area contributed by atoms with Gasteiger partial charge in [0.05, 0.1) is 0 Å². The van der Waals surface area contributed by atoms with Crippen LogP contribution in [0, 0.1) is 0 Å². The van der Waals surface area contributed by atoms with Gasteiger partial charge in [-0.2, -0.15) is 0 Å². The monoisotopic (exact) mass is 151 g/mol. The number of fused-ring (bicyclic) bond motifs is 1. The summed E-state index contributed by atoms with van der Waals surface area (Å²) in [5.74, 6) is 0.311. The summed E-state index contributed by atoms with van der Waals surface area (Å²) >= 11 is 0. The number of hydrogen-bond donors (Lipinski definition) is 0. The summed E-state index contributed by atoms with van der Waals surface area (Å²) in [4.78, 5) is 13.5. The third-order valence-corrected chi connectivity index (χ3v) is 2.64. The lowest BCUT2D eigenvalue weighted by atomic mass is 10.0. The number of hydrogen-bond acceptors (Lipinski definition) is 2. The number of allylic oxidation sites excluding steroid dienone is 2. The molecule has 0 amide bonds. The number of carbonyl (C=O) groups excluding carboxylic acids is 1. The van der Waals surface area contributed by atoms with Crippen LogP contribution >= 0.6 is 0 Å².